The van der Waals surface area contributed by atoms with E-state index < -0.39 is 20.0 Å². The molecule has 0 aliphatic heterocycles. The van der Waals surface area contributed by atoms with Gasteiger partial charge in [-0.1, -0.05) is 32.9 Å². The van der Waals surface area contributed by atoms with E-state index in [-0.39, 0.29) is 10.3 Å². The van der Waals surface area contributed by atoms with E-state index in [9.17, 15) is 16.8 Å². The van der Waals surface area contributed by atoms with E-state index in [2.05, 4.69) is 25.5 Å². The number of rotatable bonds is 5. The number of hydrogen-bond donors (Lipinski definition) is 1. The van der Waals surface area contributed by atoms with Gasteiger partial charge in [0.05, 0.1) is 16.8 Å². The van der Waals surface area contributed by atoms with E-state index in [1.54, 1.807) is 36.4 Å². The summed E-state index contributed by atoms with van der Waals surface area (Å²) in [4.78, 5) is 0.169. The quantitative estimate of drug-likeness (QED) is 0.841. The number of benzene rings is 2. The van der Waals surface area contributed by atoms with Crippen molar-refractivity contribution in [3.8, 4) is 0 Å². The molecule has 1 N–H and O–H groups in total. The summed E-state index contributed by atoms with van der Waals surface area (Å²) in [5.74, 6) is 0. The van der Waals surface area contributed by atoms with Crippen molar-refractivity contribution >= 4 is 31.4 Å². The second kappa shape index (κ2) is 6.92. The number of nitrogens with zero attached hydrogens (tertiary/aromatic N) is 1. The molecule has 8 heteroatoms. The Morgan fingerprint density at radius 2 is 1.35 bits per heavy atom. The largest absolute Gasteiger partial charge is 0.280 e. The van der Waals surface area contributed by atoms with Crippen molar-refractivity contribution in [2.24, 2.45) is 0 Å². The zero-order chi connectivity index (χ0) is 19.8. The predicted molar refractivity (Wildman–Crippen MR) is 106 cm³/mol. The zero-order valence-corrected chi connectivity index (χ0v) is 17.1. The van der Waals surface area contributed by atoms with Gasteiger partial charge in [0.1, 0.15) is 0 Å². The molecule has 0 aliphatic rings. The molecule has 2 aromatic rings. The zero-order valence-electron chi connectivity index (χ0n) is 15.5. The molecule has 0 unspecified atom stereocenters. The molecule has 6 nitrogen and oxygen atoms in total. The van der Waals surface area contributed by atoms with Gasteiger partial charge in [0.2, 0.25) is 10.0 Å². The Kier molecular flexibility index (Phi) is 5.39. The van der Waals surface area contributed by atoms with E-state index >= 15 is 0 Å². The van der Waals surface area contributed by atoms with Gasteiger partial charge < -0.3 is 0 Å². The Balaban J connectivity index is 2.22. The maximum atomic E-state index is 12.5. The van der Waals surface area contributed by atoms with E-state index in [1.807, 2.05) is 0 Å². The van der Waals surface area contributed by atoms with Crippen LogP contribution in [-0.2, 0) is 25.5 Å². The summed E-state index contributed by atoms with van der Waals surface area (Å²) in [6.07, 6.45) is 1.10. The maximum absolute atomic E-state index is 12.5. The summed E-state index contributed by atoms with van der Waals surface area (Å²) in [6.45, 7) is 6.18. The molecule has 26 heavy (non-hydrogen) atoms. The van der Waals surface area contributed by atoms with Gasteiger partial charge >= 0.3 is 0 Å². The van der Waals surface area contributed by atoms with Crippen LogP contribution in [0.15, 0.2) is 53.4 Å². The first-order valence-electron chi connectivity index (χ1n) is 7.98. The molecular formula is C18H24N2O4S2. The van der Waals surface area contributed by atoms with Crippen LogP contribution in [0.2, 0.25) is 0 Å². The first-order chi connectivity index (χ1) is 11.8. The van der Waals surface area contributed by atoms with Crippen LogP contribution in [-0.4, -0.2) is 30.1 Å². The molecule has 0 saturated carbocycles. The average Bonchev–Trinajstić information content (AvgIpc) is 2.53. The Hall–Kier alpha value is -2.06. The molecule has 2 rings (SSSR count). The van der Waals surface area contributed by atoms with Crippen molar-refractivity contribution in [3.63, 3.8) is 0 Å². The molecule has 2 aromatic carbocycles. The Morgan fingerprint density at radius 1 is 0.846 bits per heavy atom. The highest BCUT2D eigenvalue weighted by Gasteiger charge is 2.18. The van der Waals surface area contributed by atoms with Crippen molar-refractivity contribution in [1.82, 2.24) is 0 Å². The molecule has 0 saturated heterocycles. The van der Waals surface area contributed by atoms with Gasteiger partial charge in [0.15, 0.2) is 0 Å². The molecule has 0 aliphatic carbocycles. The fourth-order valence-corrected chi connectivity index (χ4v) is 3.84. The highest BCUT2D eigenvalue weighted by Crippen LogP contribution is 2.25. The minimum atomic E-state index is -3.72. The lowest BCUT2D eigenvalue weighted by atomic mass is 9.87. The smallest absolute Gasteiger partial charge is 0.261 e. The van der Waals surface area contributed by atoms with Crippen LogP contribution in [0.1, 0.15) is 26.3 Å². The molecule has 142 valence electrons. The topological polar surface area (TPSA) is 83.6 Å². The number of hydrogen-bond acceptors (Lipinski definition) is 4. The van der Waals surface area contributed by atoms with Crippen LogP contribution in [0.4, 0.5) is 11.4 Å². The fraction of sp³-hybridized carbons (Fsp3) is 0.333. The van der Waals surface area contributed by atoms with Gasteiger partial charge in [-0.15, -0.1) is 0 Å². The van der Waals surface area contributed by atoms with Gasteiger partial charge in [0.25, 0.3) is 10.0 Å². The molecule has 0 heterocycles. The first-order valence-corrected chi connectivity index (χ1v) is 11.3. The normalized spacial score (nSPS) is 12.7. The van der Waals surface area contributed by atoms with E-state index in [4.69, 9.17) is 0 Å². The van der Waals surface area contributed by atoms with Crippen molar-refractivity contribution < 1.29 is 16.8 Å². The van der Waals surface area contributed by atoms with Crippen LogP contribution in [0, 0.1) is 0 Å². The Bertz CT molecular complexity index is 973. The summed E-state index contributed by atoms with van der Waals surface area (Å²) in [7, 11) is -5.65. The molecule has 0 bridgehead atoms. The number of nitrogens with one attached hydrogen (secondary N) is 1. The molecule has 0 fully saturated rings. The third-order valence-electron chi connectivity index (χ3n) is 4.01. The lowest BCUT2D eigenvalue weighted by Crippen LogP contribution is -2.24. The van der Waals surface area contributed by atoms with Gasteiger partial charge in [-0.25, -0.2) is 16.8 Å². The monoisotopic (exact) mass is 396 g/mol. The number of sulfonamides is 2. The minimum Gasteiger partial charge on any atom is -0.280 e. The summed E-state index contributed by atoms with van der Waals surface area (Å²) in [5, 5.41) is 0. The molecular weight excluding hydrogens is 372 g/mol. The third kappa shape index (κ3) is 4.76. The molecule has 0 amide bonds. The van der Waals surface area contributed by atoms with E-state index in [1.165, 1.54) is 19.2 Å². The highest BCUT2D eigenvalue weighted by atomic mass is 32.2. The summed E-state index contributed by atoms with van der Waals surface area (Å²) in [5.41, 5.74) is 1.79. The predicted octanol–water partition coefficient (Wildman–Crippen LogP) is 3.18. The lowest BCUT2D eigenvalue weighted by Gasteiger charge is -2.19. The van der Waals surface area contributed by atoms with Crippen molar-refractivity contribution in [2.45, 2.75) is 31.1 Å². The Labute approximate surface area is 156 Å². The van der Waals surface area contributed by atoms with Crippen molar-refractivity contribution in [2.75, 3.05) is 22.3 Å². The van der Waals surface area contributed by atoms with Crippen LogP contribution >= 0.6 is 0 Å². The molecule has 0 radical (unpaired) electrons. The SMILES string of the molecule is CN(c1ccc(NS(=O)(=O)c2ccc(C(C)(C)C)cc2)cc1)S(C)(=O)=O. The van der Waals surface area contributed by atoms with Crippen LogP contribution in [0.25, 0.3) is 0 Å². The third-order valence-corrected chi connectivity index (χ3v) is 6.61. The van der Waals surface area contributed by atoms with Gasteiger partial charge in [-0.05, 0) is 47.4 Å². The van der Waals surface area contributed by atoms with Crippen LogP contribution in [0.5, 0.6) is 0 Å². The van der Waals surface area contributed by atoms with Crippen molar-refractivity contribution in [3.05, 3.63) is 54.1 Å². The first kappa shape index (κ1) is 20.3. The van der Waals surface area contributed by atoms with Crippen LogP contribution in [0.3, 0.4) is 0 Å². The fourth-order valence-electron chi connectivity index (χ4n) is 2.28. The highest BCUT2D eigenvalue weighted by molar-refractivity contribution is 7.92. The second-order valence-corrected chi connectivity index (χ2v) is 10.9. The summed E-state index contributed by atoms with van der Waals surface area (Å²) in [6, 6.07) is 12.9. The summed E-state index contributed by atoms with van der Waals surface area (Å²) >= 11 is 0. The van der Waals surface area contributed by atoms with Gasteiger partial charge in [0, 0.05) is 12.7 Å². The molecule has 0 spiro atoms. The van der Waals surface area contributed by atoms with Gasteiger partial charge in [-0.2, -0.15) is 0 Å². The molecule has 0 atom stereocenters. The van der Waals surface area contributed by atoms with E-state index in [0.29, 0.717) is 11.4 Å². The summed E-state index contributed by atoms with van der Waals surface area (Å²) < 4.78 is 51.8. The van der Waals surface area contributed by atoms with E-state index in [0.717, 1.165) is 16.1 Å². The second-order valence-electron chi connectivity index (χ2n) is 7.16. The van der Waals surface area contributed by atoms with Crippen LogP contribution < -0.4 is 9.03 Å². The lowest BCUT2D eigenvalue weighted by molar-refractivity contribution is 0.587. The average molecular weight is 397 g/mol. The molecule has 0 aromatic heterocycles. The standard InChI is InChI=1S/C18H24N2O4S2/c1-18(2,3)14-6-12-17(13-7-14)26(23,24)19-15-8-10-16(11-9-15)20(4)25(5,21)22/h6-13,19H,1-5H3. The Morgan fingerprint density at radius 3 is 1.77 bits per heavy atom. The minimum absolute atomic E-state index is 0.0583. The maximum Gasteiger partial charge on any atom is 0.261 e. The van der Waals surface area contributed by atoms with Crippen molar-refractivity contribution in [1.29, 1.82) is 0 Å². The number of anilines is 2. The van der Waals surface area contributed by atoms with Gasteiger partial charge in [-0.3, -0.25) is 9.03 Å².